The molecular weight excluding hydrogens is 336 g/mol. The first-order chi connectivity index (χ1) is 12.2. The molecule has 0 fully saturated rings. The number of rotatable bonds is 4. The van der Waals surface area contributed by atoms with Gasteiger partial charge < -0.3 is 10.6 Å². The van der Waals surface area contributed by atoms with E-state index in [1.165, 1.54) is 6.20 Å². The van der Waals surface area contributed by atoms with Crippen molar-refractivity contribution in [1.82, 2.24) is 4.98 Å². The van der Waals surface area contributed by atoms with Gasteiger partial charge in [-0.3, -0.25) is 9.78 Å². The minimum Gasteiger partial charge on any atom is -0.355 e. The zero-order valence-electron chi connectivity index (χ0n) is 13.0. The quantitative estimate of drug-likeness (QED) is 0.722. The molecule has 1 aromatic heterocycles. The Balaban J connectivity index is 1.79. The van der Waals surface area contributed by atoms with Crippen molar-refractivity contribution in [3.8, 4) is 6.07 Å². The van der Waals surface area contributed by atoms with E-state index in [-0.39, 0.29) is 5.69 Å². The summed E-state index contributed by atoms with van der Waals surface area (Å²) in [6, 6.07) is 19.5. The maximum absolute atomic E-state index is 12.4. The molecule has 5 nitrogen and oxygen atoms in total. The first kappa shape index (κ1) is 16.5. The van der Waals surface area contributed by atoms with Crippen molar-refractivity contribution in [2.45, 2.75) is 0 Å². The van der Waals surface area contributed by atoms with Crippen LogP contribution in [0.1, 0.15) is 16.1 Å². The molecule has 0 aliphatic heterocycles. The number of hydrogen-bond acceptors (Lipinski definition) is 4. The van der Waals surface area contributed by atoms with Crippen molar-refractivity contribution in [1.29, 1.82) is 5.26 Å². The largest absolute Gasteiger partial charge is 0.355 e. The molecular formula is C19H13ClN4O. The maximum atomic E-state index is 12.4. The van der Waals surface area contributed by atoms with Gasteiger partial charge in [-0.1, -0.05) is 29.8 Å². The first-order valence-corrected chi connectivity index (χ1v) is 7.82. The predicted octanol–water partition coefficient (Wildman–Crippen LogP) is 4.60. The van der Waals surface area contributed by atoms with Gasteiger partial charge in [0.05, 0.1) is 11.3 Å². The van der Waals surface area contributed by atoms with Crippen LogP contribution in [0.4, 0.5) is 17.1 Å². The Hall–Kier alpha value is -3.36. The average molecular weight is 349 g/mol. The molecule has 0 aliphatic carbocycles. The fourth-order valence-electron chi connectivity index (χ4n) is 2.24. The Labute approximate surface area is 149 Å². The van der Waals surface area contributed by atoms with E-state index in [9.17, 15) is 4.79 Å². The van der Waals surface area contributed by atoms with Crippen LogP contribution in [0.25, 0.3) is 0 Å². The molecule has 3 aromatic rings. The minimum atomic E-state index is -0.391. The molecule has 0 bridgehead atoms. The van der Waals surface area contributed by atoms with E-state index in [0.29, 0.717) is 22.0 Å². The first-order valence-electron chi connectivity index (χ1n) is 7.45. The van der Waals surface area contributed by atoms with Crippen LogP contribution < -0.4 is 10.6 Å². The number of hydrogen-bond donors (Lipinski definition) is 2. The van der Waals surface area contributed by atoms with Crippen LogP contribution in [-0.2, 0) is 0 Å². The Morgan fingerprint density at radius 2 is 1.84 bits per heavy atom. The van der Waals surface area contributed by atoms with Gasteiger partial charge in [0, 0.05) is 22.6 Å². The molecule has 2 aromatic carbocycles. The van der Waals surface area contributed by atoms with Crippen molar-refractivity contribution in [3.63, 3.8) is 0 Å². The van der Waals surface area contributed by atoms with Crippen molar-refractivity contribution in [3.05, 3.63) is 83.1 Å². The van der Waals surface area contributed by atoms with Gasteiger partial charge in [0.15, 0.2) is 0 Å². The van der Waals surface area contributed by atoms with Gasteiger partial charge in [-0.25, -0.2) is 0 Å². The Kier molecular flexibility index (Phi) is 4.93. The number of halogens is 1. The molecule has 0 radical (unpaired) electrons. The Morgan fingerprint density at radius 3 is 2.64 bits per heavy atom. The van der Waals surface area contributed by atoms with Crippen molar-refractivity contribution in [2.75, 3.05) is 10.6 Å². The number of nitriles is 1. The molecule has 0 saturated carbocycles. The fourth-order valence-corrected chi connectivity index (χ4v) is 2.43. The lowest BCUT2D eigenvalue weighted by molar-refractivity contribution is 0.102. The van der Waals surface area contributed by atoms with Gasteiger partial charge >= 0.3 is 0 Å². The summed E-state index contributed by atoms with van der Waals surface area (Å²) in [6.45, 7) is 0. The number of aromatic nitrogens is 1. The highest BCUT2D eigenvalue weighted by Gasteiger charge is 2.11. The standard InChI is InChI=1S/C19H13ClN4O/c20-14-5-3-6-15(10-14)23-16-8-9-22-18(11-16)19(25)24-17-7-2-1-4-13(17)12-21/h1-11H,(H,22,23)(H,24,25). The van der Waals surface area contributed by atoms with Crippen molar-refractivity contribution in [2.24, 2.45) is 0 Å². The average Bonchev–Trinajstić information content (AvgIpc) is 2.62. The molecule has 0 saturated heterocycles. The summed E-state index contributed by atoms with van der Waals surface area (Å²) >= 11 is 5.97. The summed E-state index contributed by atoms with van der Waals surface area (Å²) in [5.74, 6) is -0.391. The van der Waals surface area contributed by atoms with E-state index in [0.717, 1.165) is 5.69 Å². The second-order valence-electron chi connectivity index (χ2n) is 5.18. The van der Waals surface area contributed by atoms with Gasteiger partial charge in [-0.2, -0.15) is 5.26 Å². The van der Waals surface area contributed by atoms with Crippen LogP contribution in [0.2, 0.25) is 5.02 Å². The number of anilines is 3. The zero-order valence-corrected chi connectivity index (χ0v) is 13.8. The van der Waals surface area contributed by atoms with Crippen molar-refractivity contribution >= 4 is 34.6 Å². The van der Waals surface area contributed by atoms with Crippen LogP contribution in [0.5, 0.6) is 0 Å². The summed E-state index contributed by atoms with van der Waals surface area (Å²) in [5.41, 5.74) is 2.59. The number of carbonyl (C=O) groups is 1. The molecule has 1 amide bonds. The number of nitrogens with zero attached hydrogens (tertiary/aromatic N) is 2. The molecule has 0 spiro atoms. The molecule has 25 heavy (non-hydrogen) atoms. The lowest BCUT2D eigenvalue weighted by Gasteiger charge is -2.09. The van der Waals surface area contributed by atoms with E-state index < -0.39 is 5.91 Å². The van der Waals surface area contributed by atoms with Gasteiger partial charge in [0.2, 0.25) is 0 Å². The van der Waals surface area contributed by atoms with E-state index in [1.807, 2.05) is 18.2 Å². The summed E-state index contributed by atoms with van der Waals surface area (Å²) in [4.78, 5) is 16.5. The number of pyridine rings is 1. The number of amides is 1. The van der Waals surface area contributed by atoms with E-state index in [1.54, 1.807) is 48.5 Å². The fraction of sp³-hybridized carbons (Fsp3) is 0. The summed E-state index contributed by atoms with van der Waals surface area (Å²) in [6.07, 6.45) is 1.54. The van der Waals surface area contributed by atoms with E-state index in [2.05, 4.69) is 15.6 Å². The smallest absolute Gasteiger partial charge is 0.274 e. The maximum Gasteiger partial charge on any atom is 0.274 e. The highest BCUT2D eigenvalue weighted by Crippen LogP contribution is 2.21. The van der Waals surface area contributed by atoms with Crippen molar-refractivity contribution < 1.29 is 4.79 Å². The second-order valence-corrected chi connectivity index (χ2v) is 5.61. The van der Waals surface area contributed by atoms with E-state index in [4.69, 9.17) is 16.9 Å². The lowest BCUT2D eigenvalue weighted by atomic mass is 10.2. The van der Waals surface area contributed by atoms with Crippen LogP contribution in [0.3, 0.4) is 0 Å². The number of benzene rings is 2. The topological polar surface area (TPSA) is 77.8 Å². The molecule has 0 unspecified atom stereocenters. The molecule has 2 N–H and O–H groups in total. The zero-order chi connectivity index (χ0) is 17.6. The van der Waals surface area contributed by atoms with Gasteiger partial charge in [0.1, 0.15) is 11.8 Å². The SMILES string of the molecule is N#Cc1ccccc1NC(=O)c1cc(Nc2cccc(Cl)c2)ccn1. The number of para-hydroxylation sites is 1. The molecule has 122 valence electrons. The number of nitrogens with one attached hydrogen (secondary N) is 2. The highest BCUT2D eigenvalue weighted by molar-refractivity contribution is 6.30. The lowest BCUT2D eigenvalue weighted by Crippen LogP contribution is -2.14. The number of carbonyl (C=O) groups excluding carboxylic acids is 1. The van der Waals surface area contributed by atoms with Crippen LogP contribution >= 0.6 is 11.6 Å². The minimum absolute atomic E-state index is 0.236. The second kappa shape index (κ2) is 7.47. The molecule has 0 aliphatic rings. The molecule has 6 heteroatoms. The Bertz CT molecular complexity index is 965. The van der Waals surface area contributed by atoms with Gasteiger partial charge in [-0.05, 0) is 42.5 Å². The highest BCUT2D eigenvalue weighted by atomic mass is 35.5. The van der Waals surface area contributed by atoms with Crippen LogP contribution in [-0.4, -0.2) is 10.9 Å². The molecule has 3 rings (SSSR count). The summed E-state index contributed by atoms with van der Waals surface area (Å²) < 4.78 is 0. The van der Waals surface area contributed by atoms with Gasteiger partial charge in [-0.15, -0.1) is 0 Å². The van der Waals surface area contributed by atoms with Crippen LogP contribution in [0.15, 0.2) is 66.9 Å². The van der Waals surface area contributed by atoms with Gasteiger partial charge in [0.25, 0.3) is 5.91 Å². The van der Waals surface area contributed by atoms with Crippen LogP contribution in [0, 0.1) is 11.3 Å². The van der Waals surface area contributed by atoms with E-state index >= 15 is 0 Å². The third-order valence-electron chi connectivity index (χ3n) is 3.40. The molecule has 0 atom stereocenters. The summed E-state index contributed by atoms with van der Waals surface area (Å²) in [5, 5.41) is 15.6. The third kappa shape index (κ3) is 4.14. The Morgan fingerprint density at radius 1 is 1.04 bits per heavy atom. The molecule has 1 heterocycles. The normalized spacial score (nSPS) is 9.92. The third-order valence-corrected chi connectivity index (χ3v) is 3.64. The summed E-state index contributed by atoms with van der Waals surface area (Å²) in [7, 11) is 0. The monoisotopic (exact) mass is 348 g/mol. The predicted molar refractivity (Wildman–Crippen MR) is 98.1 cm³/mol.